The molecule has 0 N–H and O–H groups in total. The standard InChI is InChI=1S/C37H26N2S/c1-3-8-27(9-4-1)29-14-18-33(19-15-29)39(35-13-7-12-31(24-35)28-10-5-2-6-11-28)34-20-16-30(17-21-34)37-25-32-26-38-23-22-36(32)40-37/h1-26H. The first-order valence-electron chi connectivity index (χ1n) is 13.4. The largest absolute Gasteiger partial charge is 0.310 e. The summed E-state index contributed by atoms with van der Waals surface area (Å²) < 4.78 is 1.26. The van der Waals surface area contributed by atoms with E-state index in [0.717, 1.165) is 17.1 Å². The maximum absolute atomic E-state index is 4.28. The van der Waals surface area contributed by atoms with Gasteiger partial charge in [0.25, 0.3) is 0 Å². The topological polar surface area (TPSA) is 16.1 Å². The zero-order chi connectivity index (χ0) is 26.7. The zero-order valence-corrected chi connectivity index (χ0v) is 22.6. The Labute approximate surface area is 238 Å². The summed E-state index contributed by atoms with van der Waals surface area (Å²) in [6.45, 7) is 0. The van der Waals surface area contributed by atoms with Gasteiger partial charge < -0.3 is 4.90 Å². The van der Waals surface area contributed by atoms with Gasteiger partial charge in [0.05, 0.1) is 0 Å². The highest BCUT2D eigenvalue weighted by Gasteiger charge is 2.15. The third-order valence-electron chi connectivity index (χ3n) is 7.17. The number of benzene rings is 5. The van der Waals surface area contributed by atoms with E-state index in [4.69, 9.17) is 0 Å². The van der Waals surface area contributed by atoms with Crippen LogP contribution < -0.4 is 4.90 Å². The van der Waals surface area contributed by atoms with E-state index < -0.39 is 0 Å². The average molecular weight is 531 g/mol. The molecule has 5 aromatic carbocycles. The van der Waals surface area contributed by atoms with Crippen molar-refractivity contribution in [2.24, 2.45) is 0 Å². The molecule has 0 bridgehead atoms. The average Bonchev–Trinajstić information content (AvgIpc) is 3.48. The molecule has 0 saturated heterocycles. The van der Waals surface area contributed by atoms with E-state index in [-0.39, 0.29) is 0 Å². The van der Waals surface area contributed by atoms with Crippen molar-refractivity contribution < 1.29 is 0 Å². The minimum Gasteiger partial charge on any atom is -0.310 e. The Bertz CT molecular complexity index is 1840. The molecular weight excluding hydrogens is 504 g/mol. The van der Waals surface area contributed by atoms with E-state index in [1.807, 2.05) is 12.4 Å². The van der Waals surface area contributed by atoms with Gasteiger partial charge in [-0.15, -0.1) is 11.3 Å². The fraction of sp³-hybridized carbons (Fsp3) is 0. The predicted octanol–water partition coefficient (Wildman–Crippen LogP) is 10.8. The van der Waals surface area contributed by atoms with Crippen LogP contribution in [0.5, 0.6) is 0 Å². The minimum absolute atomic E-state index is 1.12. The van der Waals surface area contributed by atoms with Gasteiger partial charge >= 0.3 is 0 Å². The minimum atomic E-state index is 1.12. The van der Waals surface area contributed by atoms with Crippen LogP contribution in [-0.2, 0) is 0 Å². The molecule has 0 saturated carbocycles. The van der Waals surface area contributed by atoms with E-state index in [1.54, 1.807) is 11.3 Å². The molecule has 40 heavy (non-hydrogen) atoms. The summed E-state index contributed by atoms with van der Waals surface area (Å²) in [5.74, 6) is 0. The predicted molar refractivity (Wildman–Crippen MR) is 171 cm³/mol. The van der Waals surface area contributed by atoms with Gasteiger partial charge in [-0.1, -0.05) is 97.1 Å². The van der Waals surface area contributed by atoms with Crippen LogP contribution in [0, 0.1) is 0 Å². The second-order valence-electron chi connectivity index (χ2n) is 9.74. The van der Waals surface area contributed by atoms with Gasteiger partial charge in [0, 0.05) is 44.4 Å². The lowest BCUT2D eigenvalue weighted by atomic mass is 10.0. The molecule has 0 amide bonds. The van der Waals surface area contributed by atoms with Crippen molar-refractivity contribution in [2.75, 3.05) is 4.90 Å². The lowest BCUT2D eigenvalue weighted by Gasteiger charge is -2.26. The van der Waals surface area contributed by atoms with E-state index in [1.165, 1.54) is 42.8 Å². The molecule has 0 spiro atoms. The molecule has 0 radical (unpaired) electrons. The Hall–Kier alpha value is -4.99. The molecule has 7 rings (SSSR count). The molecule has 190 valence electrons. The molecule has 0 aliphatic rings. The summed E-state index contributed by atoms with van der Waals surface area (Å²) in [4.78, 5) is 7.86. The van der Waals surface area contributed by atoms with Crippen molar-refractivity contribution in [2.45, 2.75) is 0 Å². The first-order valence-corrected chi connectivity index (χ1v) is 14.2. The number of pyridine rings is 1. The maximum atomic E-state index is 4.28. The summed E-state index contributed by atoms with van der Waals surface area (Å²) >= 11 is 1.80. The van der Waals surface area contributed by atoms with Crippen molar-refractivity contribution >= 4 is 38.5 Å². The lowest BCUT2D eigenvalue weighted by molar-refractivity contribution is 1.28. The zero-order valence-electron chi connectivity index (χ0n) is 21.8. The van der Waals surface area contributed by atoms with Crippen LogP contribution in [0.15, 0.2) is 158 Å². The molecule has 0 aliphatic carbocycles. The first kappa shape index (κ1) is 24.1. The Morgan fingerprint density at radius 2 is 1.02 bits per heavy atom. The molecule has 0 aliphatic heterocycles. The molecule has 0 fully saturated rings. The first-order chi connectivity index (χ1) is 19.8. The van der Waals surface area contributed by atoms with Crippen molar-refractivity contribution in [1.29, 1.82) is 0 Å². The summed E-state index contributed by atoms with van der Waals surface area (Å²) in [7, 11) is 0. The van der Waals surface area contributed by atoms with Crippen LogP contribution in [0.4, 0.5) is 17.1 Å². The van der Waals surface area contributed by atoms with Gasteiger partial charge in [-0.3, -0.25) is 4.98 Å². The molecule has 0 unspecified atom stereocenters. The molecule has 7 aromatic rings. The number of hydrogen-bond acceptors (Lipinski definition) is 3. The smallest absolute Gasteiger partial charge is 0.0467 e. The highest BCUT2D eigenvalue weighted by atomic mass is 32.1. The number of nitrogens with zero attached hydrogens (tertiary/aromatic N) is 2. The van der Waals surface area contributed by atoms with Crippen molar-refractivity contribution in [3.05, 3.63) is 158 Å². The van der Waals surface area contributed by atoms with Gasteiger partial charge in [0.1, 0.15) is 0 Å². The highest BCUT2D eigenvalue weighted by Crippen LogP contribution is 2.39. The van der Waals surface area contributed by atoms with Gasteiger partial charge in [0.2, 0.25) is 0 Å². The van der Waals surface area contributed by atoms with Crippen molar-refractivity contribution in [1.82, 2.24) is 4.98 Å². The number of hydrogen-bond donors (Lipinski definition) is 0. The molecule has 2 aromatic heterocycles. The number of anilines is 3. The molecular formula is C37H26N2S. The summed E-state index contributed by atoms with van der Waals surface area (Å²) in [5.41, 5.74) is 9.39. The highest BCUT2D eigenvalue weighted by molar-refractivity contribution is 7.22. The van der Waals surface area contributed by atoms with Gasteiger partial charge in [-0.05, 0) is 76.3 Å². The van der Waals surface area contributed by atoms with Gasteiger partial charge in [-0.25, -0.2) is 0 Å². The Balaban J connectivity index is 1.30. The lowest BCUT2D eigenvalue weighted by Crippen LogP contribution is -2.10. The van der Waals surface area contributed by atoms with E-state index in [9.17, 15) is 0 Å². The van der Waals surface area contributed by atoms with Crippen LogP contribution in [0.3, 0.4) is 0 Å². The van der Waals surface area contributed by atoms with Crippen molar-refractivity contribution in [3.8, 4) is 32.7 Å². The second-order valence-corrected chi connectivity index (χ2v) is 10.8. The third kappa shape index (κ3) is 4.79. The van der Waals surface area contributed by atoms with Gasteiger partial charge in [0.15, 0.2) is 0 Å². The molecule has 3 heteroatoms. The summed E-state index contributed by atoms with van der Waals surface area (Å²) in [6.07, 6.45) is 3.79. The molecule has 2 heterocycles. The van der Waals surface area contributed by atoms with Crippen LogP contribution in [0.25, 0.3) is 42.8 Å². The quantitative estimate of drug-likeness (QED) is 0.213. The van der Waals surface area contributed by atoms with Gasteiger partial charge in [-0.2, -0.15) is 0 Å². The molecule has 0 atom stereocenters. The van der Waals surface area contributed by atoms with Crippen LogP contribution in [0.2, 0.25) is 0 Å². The molecule has 2 nitrogen and oxygen atoms in total. The van der Waals surface area contributed by atoms with Crippen molar-refractivity contribution in [3.63, 3.8) is 0 Å². The number of thiophene rings is 1. The van der Waals surface area contributed by atoms with Crippen LogP contribution in [-0.4, -0.2) is 4.98 Å². The van der Waals surface area contributed by atoms with Crippen LogP contribution >= 0.6 is 11.3 Å². The van der Waals surface area contributed by atoms with E-state index in [2.05, 4.69) is 155 Å². The Morgan fingerprint density at radius 3 is 1.68 bits per heavy atom. The number of rotatable bonds is 6. The Morgan fingerprint density at radius 1 is 0.450 bits per heavy atom. The fourth-order valence-corrected chi connectivity index (χ4v) is 6.17. The summed E-state index contributed by atoms with van der Waals surface area (Å²) in [5, 5.41) is 1.18. The van der Waals surface area contributed by atoms with E-state index >= 15 is 0 Å². The number of fused-ring (bicyclic) bond motifs is 1. The monoisotopic (exact) mass is 530 g/mol. The Kier molecular flexibility index (Phi) is 6.41. The van der Waals surface area contributed by atoms with E-state index in [0.29, 0.717) is 0 Å². The third-order valence-corrected chi connectivity index (χ3v) is 8.34. The number of aromatic nitrogens is 1. The second kappa shape index (κ2) is 10.6. The summed E-state index contributed by atoms with van der Waals surface area (Å²) in [6, 6.07) is 51.9. The fourth-order valence-electron chi connectivity index (χ4n) is 5.14. The SMILES string of the molecule is c1ccc(-c2ccc(N(c3ccc(-c4cc5cnccc5s4)cc3)c3cccc(-c4ccccc4)c3)cc2)cc1. The normalized spacial score (nSPS) is 11.0. The van der Waals surface area contributed by atoms with Crippen LogP contribution in [0.1, 0.15) is 0 Å². The maximum Gasteiger partial charge on any atom is 0.0467 e.